The first-order valence-corrected chi connectivity index (χ1v) is 9.11. The Bertz CT molecular complexity index is 614. The van der Waals surface area contributed by atoms with Crippen molar-refractivity contribution in [2.75, 3.05) is 13.2 Å². The SMILES string of the molecule is O=C(NC1CCCOC1)c1cc(S(=O)(=O)Cl)ccc1Br. The Hall–Kier alpha value is -0.630. The molecule has 1 fully saturated rings. The average Bonchev–Trinajstić information content (AvgIpc) is 2.39. The van der Waals surface area contributed by atoms with E-state index < -0.39 is 9.05 Å². The van der Waals surface area contributed by atoms with Crippen LogP contribution in [0.25, 0.3) is 0 Å². The number of carbonyl (C=O) groups excluding carboxylic acids is 1. The molecule has 110 valence electrons. The maximum atomic E-state index is 12.2. The number of rotatable bonds is 3. The van der Waals surface area contributed by atoms with Gasteiger partial charge in [0.15, 0.2) is 0 Å². The summed E-state index contributed by atoms with van der Waals surface area (Å²) in [5.41, 5.74) is 0.234. The molecule has 1 atom stereocenters. The van der Waals surface area contributed by atoms with Gasteiger partial charge in [0, 0.05) is 21.8 Å². The second kappa shape index (κ2) is 6.43. The summed E-state index contributed by atoms with van der Waals surface area (Å²) in [6.07, 6.45) is 1.74. The number of halogens is 2. The van der Waals surface area contributed by atoms with Crippen molar-refractivity contribution in [1.82, 2.24) is 5.32 Å². The molecular weight excluding hydrogens is 370 g/mol. The van der Waals surface area contributed by atoms with E-state index in [0.29, 0.717) is 17.7 Å². The Labute approximate surface area is 130 Å². The topological polar surface area (TPSA) is 72.5 Å². The van der Waals surface area contributed by atoms with Crippen LogP contribution in [0.15, 0.2) is 27.6 Å². The van der Waals surface area contributed by atoms with Crippen molar-refractivity contribution in [3.63, 3.8) is 0 Å². The third-order valence-electron chi connectivity index (χ3n) is 2.96. The van der Waals surface area contributed by atoms with Gasteiger partial charge in [-0.3, -0.25) is 4.79 Å². The second-order valence-electron chi connectivity index (χ2n) is 4.47. The molecule has 0 spiro atoms. The first kappa shape index (κ1) is 15.8. The number of carbonyl (C=O) groups is 1. The van der Waals surface area contributed by atoms with Crippen LogP contribution < -0.4 is 5.32 Å². The molecule has 1 heterocycles. The van der Waals surface area contributed by atoms with Crippen LogP contribution in [0, 0.1) is 0 Å². The smallest absolute Gasteiger partial charge is 0.261 e. The molecule has 0 bridgehead atoms. The van der Waals surface area contributed by atoms with Crippen LogP contribution >= 0.6 is 26.6 Å². The van der Waals surface area contributed by atoms with Gasteiger partial charge in [-0.25, -0.2) is 8.42 Å². The van der Waals surface area contributed by atoms with Crippen LogP contribution in [-0.4, -0.2) is 33.6 Å². The van der Waals surface area contributed by atoms with E-state index in [-0.39, 0.29) is 22.4 Å². The zero-order valence-corrected chi connectivity index (χ0v) is 13.6. The summed E-state index contributed by atoms with van der Waals surface area (Å²) >= 11 is 3.23. The van der Waals surface area contributed by atoms with Gasteiger partial charge in [0.2, 0.25) is 0 Å². The van der Waals surface area contributed by atoms with Gasteiger partial charge in [0.1, 0.15) is 0 Å². The van der Waals surface area contributed by atoms with E-state index in [4.69, 9.17) is 15.4 Å². The summed E-state index contributed by atoms with van der Waals surface area (Å²) in [5, 5.41) is 2.82. The fourth-order valence-corrected chi connectivity index (χ4v) is 3.15. The molecule has 1 aliphatic rings. The third-order valence-corrected chi connectivity index (χ3v) is 5.00. The summed E-state index contributed by atoms with van der Waals surface area (Å²) in [6.45, 7) is 1.17. The van der Waals surface area contributed by atoms with Crippen LogP contribution in [0.2, 0.25) is 0 Å². The maximum Gasteiger partial charge on any atom is 0.261 e. The average molecular weight is 383 g/mol. The molecule has 0 aromatic heterocycles. The number of nitrogens with one attached hydrogen (secondary N) is 1. The Balaban J connectivity index is 2.20. The normalized spacial score (nSPS) is 19.6. The highest BCUT2D eigenvalue weighted by atomic mass is 79.9. The first-order chi connectivity index (χ1) is 9.38. The highest BCUT2D eigenvalue weighted by Gasteiger charge is 2.20. The fraction of sp³-hybridized carbons (Fsp3) is 0.417. The number of ether oxygens (including phenoxy) is 1. The van der Waals surface area contributed by atoms with Crippen molar-refractivity contribution in [1.29, 1.82) is 0 Å². The van der Waals surface area contributed by atoms with Crippen LogP contribution in [0.4, 0.5) is 0 Å². The number of hydrogen-bond donors (Lipinski definition) is 1. The predicted octanol–water partition coefficient (Wildman–Crippen LogP) is 2.29. The van der Waals surface area contributed by atoms with Crippen molar-refractivity contribution in [2.45, 2.75) is 23.8 Å². The summed E-state index contributed by atoms with van der Waals surface area (Å²) in [4.78, 5) is 12.1. The zero-order valence-electron chi connectivity index (χ0n) is 10.4. The van der Waals surface area contributed by atoms with Crippen LogP contribution in [0.5, 0.6) is 0 Å². The van der Waals surface area contributed by atoms with Crippen molar-refractivity contribution in [3.8, 4) is 0 Å². The van der Waals surface area contributed by atoms with E-state index >= 15 is 0 Å². The van der Waals surface area contributed by atoms with E-state index in [1.54, 1.807) is 0 Å². The molecule has 2 rings (SSSR count). The van der Waals surface area contributed by atoms with Gasteiger partial charge in [-0.05, 0) is 47.0 Å². The van der Waals surface area contributed by atoms with Crippen LogP contribution in [-0.2, 0) is 13.8 Å². The second-order valence-corrected chi connectivity index (χ2v) is 7.89. The van der Waals surface area contributed by atoms with Gasteiger partial charge in [-0.1, -0.05) is 0 Å². The highest BCUT2D eigenvalue weighted by Crippen LogP contribution is 2.23. The molecule has 1 N–H and O–H groups in total. The third kappa shape index (κ3) is 3.94. The van der Waals surface area contributed by atoms with Gasteiger partial charge < -0.3 is 10.1 Å². The van der Waals surface area contributed by atoms with E-state index in [0.717, 1.165) is 12.8 Å². The lowest BCUT2D eigenvalue weighted by Gasteiger charge is -2.23. The standard InChI is InChI=1S/C12H13BrClNO4S/c13-11-4-3-9(20(14,17)18)6-10(11)12(16)15-8-2-1-5-19-7-8/h3-4,6,8H,1-2,5,7H2,(H,15,16). The lowest BCUT2D eigenvalue weighted by molar-refractivity contribution is 0.0623. The first-order valence-electron chi connectivity index (χ1n) is 6.01. The molecule has 1 unspecified atom stereocenters. The lowest BCUT2D eigenvalue weighted by Crippen LogP contribution is -2.40. The lowest BCUT2D eigenvalue weighted by atomic mass is 10.1. The van der Waals surface area contributed by atoms with E-state index in [9.17, 15) is 13.2 Å². The molecule has 1 amide bonds. The molecule has 20 heavy (non-hydrogen) atoms. The maximum absolute atomic E-state index is 12.2. The minimum atomic E-state index is -3.86. The van der Waals surface area contributed by atoms with Gasteiger partial charge in [-0.15, -0.1) is 0 Å². The van der Waals surface area contributed by atoms with Gasteiger partial charge >= 0.3 is 0 Å². The quantitative estimate of drug-likeness (QED) is 0.814. The Morgan fingerprint density at radius 1 is 1.45 bits per heavy atom. The molecule has 0 radical (unpaired) electrons. The van der Waals surface area contributed by atoms with Gasteiger partial charge in [-0.2, -0.15) is 0 Å². The Kier molecular flexibility index (Phi) is 5.06. The highest BCUT2D eigenvalue weighted by molar-refractivity contribution is 9.10. The van der Waals surface area contributed by atoms with E-state index in [1.165, 1.54) is 18.2 Å². The molecule has 1 saturated heterocycles. The number of hydrogen-bond acceptors (Lipinski definition) is 4. The minimum Gasteiger partial charge on any atom is -0.379 e. The molecule has 0 aliphatic carbocycles. The monoisotopic (exact) mass is 381 g/mol. The van der Waals surface area contributed by atoms with E-state index in [2.05, 4.69) is 21.2 Å². The summed E-state index contributed by atoms with van der Waals surface area (Å²) in [7, 11) is 1.42. The Morgan fingerprint density at radius 3 is 2.80 bits per heavy atom. The van der Waals surface area contributed by atoms with E-state index in [1.807, 2.05) is 0 Å². The zero-order chi connectivity index (χ0) is 14.8. The molecule has 0 saturated carbocycles. The molecule has 1 aromatic carbocycles. The molecular formula is C12H13BrClNO4S. The summed E-state index contributed by atoms with van der Waals surface area (Å²) in [5.74, 6) is -0.352. The van der Waals surface area contributed by atoms with Gasteiger partial charge in [0.05, 0.1) is 23.1 Å². The van der Waals surface area contributed by atoms with Crippen molar-refractivity contribution in [3.05, 3.63) is 28.2 Å². The van der Waals surface area contributed by atoms with Crippen molar-refractivity contribution >= 4 is 41.6 Å². The molecule has 5 nitrogen and oxygen atoms in total. The summed E-state index contributed by atoms with van der Waals surface area (Å²) < 4.78 is 28.4. The molecule has 1 aliphatic heterocycles. The summed E-state index contributed by atoms with van der Waals surface area (Å²) in [6, 6.07) is 4.03. The van der Waals surface area contributed by atoms with Crippen LogP contribution in [0.3, 0.4) is 0 Å². The van der Waals surface area contributed by atoms with Gasteiger partial charge in [0.25, 0.3) is 15.0 Å². The number of benzene rings is 1. The molecule has 1 aromatic rings. The predicted molar refractivity (Wildman–Crippen MR) is 78.5 cm³/mol. The van der Waals surface area contributed by atoms with Crippen LogP contribution in [0.1, 0.15) is 23.2 Å². The minimum absolute atomic E-state index is 0.0561. The Morgan fingerprint density at radius 2 is 2.20 bits per heavy atom. The molecule has 8 heteroatoms. The number of amides is 1. The van der Waals surface area contributed by atoms with Crippen molar-refractivity contribution in [2.24, 2.45) is 0 Å². The largest absolute Gasteiger partial charge is 0.379 e. The van der Waals surface area contributed by atoms with Crippen molar-refractivity contribution < 1.29 is 17.9 Å². The fourth-order valence-electron chi connectivity index (χ4n) is 1.95.